The summed E-state index contributed by atoms with van der Waals surface area (Å²) in [7, 11) is 0. The minimum atomic E-state index is -0.215. The number of carbonyl (C=O) groups excluding carboxylic acids is 1. The van der Waals surface area contributed by atoms with Crippen molar-refractivity contribution in [1.82, 2.24) is 9.80 Å². The van der Waals surface area contributed by atoms with Gasteiger partial charge in [0.2, 0.25) is 0 Å². The summed E-state index contributed by atoms with van der Waals surface area (Å²) in [6.45, 7) is 9.40. The number of hydrogen-bond donors (Lipinski definition) is 0. The van der Waals surface area contributed by atoms with Crippen molar-refractivity contribution in [3.05, 3.63) is 0 Å². The van der Waals surface area contributed by atoms with Crippen LogP contribution in [0.3, 0.4) is 0 Å². The lowest BCUT2D eigenvalue weighted by atomic mass is 10.1. The van der Waals surface area contributed by atoms with Crippen LogP contribution in [0.15, 0.2) is 0 Å². The highest BCUT2D eigenvalue weighted by molar-refractivity contribution is 5.75. The quantitative estimate of drug-likeness (QED) is 0.630. The third-order valence-corrected chi connectivity index (χ3v) is 3.22. The van der Waals surface area contributed by atoms with Crippen molar-refractivity contribution >= 4 is 6.03 Å². The highest BCUT2D eigenvalue weighted by Crippen LogP contribution is 2.22. The molecule has 2 fully saturated rings. The molecule has 4 heteroatoms. The fourth-order valence-electron chi connectivity index (χ4n) is 2.71. The van der Waals surface area contributed by atoms with Crippen LogP contribution in [0.5, 0.6) is 0 Å². The van der Waals surface area contributed by atoms with Crippen LogP contribution in [0, 0.1) is 0 Å². The van der Waals surface area contributed by atoms with Gasteiger partial charge in [-0.2, -0.15) is 0 Å². The molecule has 0 bridgehead atoms. The molecule has 1 atom stereocenters. The number of nitrogens with zero attached hydrogens (tertiary/aromatic N) is 2. The smallest absolute Gasteiger partial charge is 0.320 e. The van der Waals surface area contributed by atoms with Crippen LogP contribution in [0.25, 0.3) is 0 Å². The van der Waals surface area contributed by atoms with E-state index in [-0.39, 0.29) is 17.7 Å². The zero-order chi connectivity index (χ0) is 11.8. The molecule has 16 heavy (non-hydrogen) atoms. The molecule has 1 unspecified atom stereocenters. The van der Waals surface area contributed by atoms with Crippen molar-refractivity contribution in [2.24, 2.45) is 0 Å². The van der Waals surface area contributed by atoms with Gasteiger partial charge in [0.1, 0.15) is 0 Å². The van der Waals surface area contributed by atoms with E-state index >= 15 is 0 Å². The molecule has 0 radical (unpaired) electrons. The fraction of sp³-hybridized carbons (Fsp3) is 0.917. The maximum Gasteiger partial charge on any atom is 0.320 e. The zero-order valence-electron chi connectivity index (χ0n) is 10.5. The van der Waals surface area contributed by atoms with Gasteiger partial charge in [0, 0.05) is 19.6 Å². The van der Waals surface area contributed by atoms with Crippen molar-refractivity contribution < 1.29 is 9.53 Å². The molecule has 0 spiro atoms. The maximum absolute atomic E-state index is 12.2. The summed E-state index contributed by atoms with van der Waals surface area (Å²) in [6.07, 6.45) is 2.43. The molecule has 4 nitrogen and oxygen atoms in total. The van der Waals surface area contributed by atoms with Gasteiger partial charge >= 0.3 is 6.03 Å². The van der Waals surface area contributed by atoms with Crippen LogP contribution in [-0.2, 0) is 4.74 Å². The molecule has 2 amide bonds. The van der Waals surface area contributed by atoms with E-state index in [0.717, 1.165) is 32.5 Å². The number of amides is 2. The van der Waals surface area contributed by atoms with Crippen LogP contribution in [0.2, 0.25) is 0 Å². The Morgan fingerprint density at radius 1 is 1.25 bits per heavy atom. The normalized spacial score (nSPS) is 29.6. The molecular weight excluding hydrogens is 204 g/mol. The third kappa shape index (κ3) is 2.48. The molecule has 0 aromatic heterocycles. The second kappa shape index (κ2) is 4.24. The summed E-state index contributed by atoms with van der Waals surface area (Å²) in [5.74, 6) is 0. The molecule has 2 saturated heterocycles. The molecule has 2 aliphatic rings. The van der Waals surface area contributed by atoms with Gasteiger partial charge in [-0.1, -0.05) is 0 Å². The number of urea groups is 1. The van der Waals surface area contributed by atoms with E-state index < -0.39 is 0 Å². The summed E-state index contributed by atoms with van der Waals surface area (Å²) >= 11 is 0. The third-order valence-electron chi connectivity index (χ3n) is 3.22. The van der Waals surface area contributed by atoms with E-state index in [1.165, 1.54) is 0 Å². The molecular formula is C12H22N2O2. The first-order valence-corrected chi connectivity index (χ1v) is 6.20. The van der Waals surface area contributed by atoms with Crippen molar-refractivity contribution in [3.63, 3.8) is 0 Å². The van der Waals surface area contributed by atoms with Gasteiger partial charge in [0.15, 0.2) is 0 Å². The SMILES string of the molecule is CC1CN(C(=O)N2CCCC2)CC(C)(C)O1. The zero-order valence-corrected chi connectivity index (χ0v) is 10.5. The van der Waals surface area contributed by atoms with E-state index in [1.807, 2.05) is 30.6 Å². The minimum Gasteiger partial charge on any atom is -0.369 e. The number of carbonyl (C=O) groups is 1. The monoisotopic (exact) mass is 226 g/mol. The molecule has 2 aliphatic heterocycles. The molecule has 0 aliphatic carbocycles. The first kappa shape index (κ1) is 11.7. The number of hydrogen-bond acceptors (Lipinski definition) is 2. The average molecular weight is 226 g/mol. The Kier molecular flexibility index (Phi) is 3.10. The number of likely N-dealkylation sites (tertiary alicyclic amines) is 1. The topological polar surface area (TPSA) is 32.8 Å². The standard InChI is InChI=1S/C12H22N2O2/c1-10-8-14(9-12(2,3)16-10)11(15)13-6-4-5-7-13/h10H,4-9H2,1-3H3. The Balaban J connectivity index is 2.00. The largest absolute Gasteiger partial charge is 0.369 e. The van der Waals surface area contributed by atoms with Crippen molar-refractivity contribution in [2.45, 2.75) is 45.3 Å². The van der Waals surface area contributed by atoms with Gasteiger partial charge in [0.05, 0.1) is 18.2 Å². The fourth-order valence-corrected chi connectivity index (χ4v) is 2.71. The average Bonchev–Trinajstić information content (AvgIpc) is 2.65. The number of morpholine rings is 1. The highest BCUT2D eigenvalue weighted by atomic mass is 16.5. The molecule has 2 rings (SSSR count). The Morgan fingerprint density at radius 2 is 1.88 bits per heavy atom. The summed E-state index contributed by atoms with van der Waals surface area (Å²) in [5, 5.41) is 0. The van der Waals surface area contributed by atoms with E-state index in [4.69, 9.17) is 4.74 Å². The van der Waals surface area contributed by atoms with Gasteiger partial charge in [-0.25, -0.2) is 4.79 Å². The Labute approximate surface area is 97.5 Å². The lowest BCUT2D eigenvalue weighted by molar-refractivity contribution is -0.119. The summed E-state index contributed by atoms with van der Waals surface area (Å²) in [6, 6.07) is 0.195. The second-order valence-electron chi connectivity index (χ2n) is 5.55. The second-order valence-corrected chi connectivity index (χ2v) is 5.55. The van der Waals surface area contributed by atoms with E-state index in [0.29, 0.717) is 6.54 Å². The molecule has 92 valence electrons. The lowest BCUT2D eigenvalue weighted by Crippen LogP contribution is -2.56. The van der Waals surface area contributed by atoms with Crippen LogP contribution in [-0.4, -0.2) is 53.7 Å². The first-order chi connectivity index (χ1) is 7.48. The van der Waals surface area contributed by atoms with E-state index in [2.05, 4.69) is 0 Å². The van der Waals surface area contributed by atoms with Gasteiger partial charge in [-0.05, 0) is 33.6 Å². The summed E-state index contributed by atoms with van der Waals surface area (Å²) in [4.78, 5) is 16.1. The number of rotatable bonds is 0. The van der Waals surface area contributed by atoms with E-state index in [9.17, 15) is 4.79 Å². The predicted octanol–water partition coefficient (Wildman–Crippen LogP) is 1.70. The van der Waals surface area contributed by atoms with Crippen molar-refractivity contribution in [2.75, 3.05) is 26.2 Å². The highest BCUT2D eigenvalue weighted by Gasteiger charge is 2.35. The first-order valence-electron chi connectivity index (χ1n) is 6.20. The summed E-state index contributed by atoms with van der Waals surface area (Å²) < 4.78 is 5.80. The molecule has 0 N–H and O–H groups in total. The van der Waals surface area contributed by atoms with Gasteiger partial charge in [0.25, 0.3) is 0 Å². The minimum absolute atomic E-state index is 0.135. The van der Waals surface area contributed by atoms with Crippen LogP contribution >= 0.6 is 0 Å². The molecule has 0 aromatic carbocycles. The predicted molar refractivity (Wildman–Crippen MR) is 62.4 cm³/mol. The Bertz CT molecular complexity index is 272. The lowest BCUT2D eigenvalue weighted by Gasteiger charge is -2.42. The molecule has 0 aromatic rings. The maximum atomic E-state index is 12.2. The van der Waals surface area contributed by atoms with Crippen LogP contribution in [0.1, 0.15) is 33.6 Å². The van der Waals surface area contributed by atoms with Crippen LogP contribution in [0.4, 0.5) is 4.79 Å². The molecule has 2 heterocycles. The van der Waals surface area contributed by atoms with Crippen molar-refractivity contribution in [3.8, 4) is 0 Å². The van der Waals surface area contributed by atoms with Gasteiger partial charge in [-0.15, -0.1) is 0 Å². The van der Waals surface area contributed by atoms with Crippen molar-refractivity contribution in [1.29, 1.82) is 0 Å². The van der Waals surface area contributed by atoms with Gasteiger partial charge in [-0.3, -0.25) is 0 Å². The Morgan fingerprint density at radius 3 is 2.44 bits per heavy atom. The van der Waals surface area contributed by atoms with Gasteiger partial charge < -0.3 is 14.5 Å². The van der Waals surface area contributed by atoms with E-state index in [1.54, 1.807) is 0 Å². The number of ether oxygens (including phenoxy) is 1. The summed E-state index contributed by atoms with van der Waals surface area (Å²) in [5.41, 5.74) is -0.215. The van der Waals surface area contributed by atoms with Crippen LogP contribution < -0.4 is 0 Å². The Hall–Kier alpha value is -0.770. The molecule has 0 saturated carbocycles.